The highest BCUT2D eigenvalue weighted by Gasteiger charge is 2.27. The van der Waals surface area contributed by atoms with Crippen LogP contribution in [0.2, 0.25) is 0 Å². The van der Waals surface area contributed by atoms with E-state index in [1.54, 1.807) is 48.5 Å². The van der Waals surface area contributed by atoms with Gasteiger partial charge in [0.2, 0.25) is 17.7 Å². The molecule has 2 aromatic rings. The number of rotatable bonds is 18. The van der Waals surface area contributed by atoms with Crippen LogP contribution in [0.15, 0.2) is 66.6 Å². The molecule has 0 aromatic heterocycles. The molecular formula is C36H46N6O9. The summed E-state index contributed by atoms with van der Waals surface area (Å²) >= 11 is 0. The van der Waals surface area contributed by atoms with Crippen molar-refractivity contribution in [2.75, 3.05) is 10.6 Å². The number of carboxylic acids is 2. The summed E-state index contributed by atoms with van der Waals surface area (Å²) in [6, 6.07) is 11.7. The molecule has 2 aromatic carbocycles. The summed E-state index contributed by atoms with van der Waals surface area (Å²) in [5.74, 6) is 0.912. The molecule has 0 heterocycles. The fourth-order valence-corrected chi connectivity index (χ4v) is 4.62. The number of anilines is 2. The highest BCUT2D eigenvalue weighted by molar-refractivity contribution is 5.91. The molecule has 15 nitrogen and oxygen atoms in total. The van der Waals surface area contributed by atoms with Gasteiger partial charge in [-0.15, -0.1) is 11.8 Å². The second-order valence-corrected chi connectivity index (χ2v) is 13.4. The minimum atomic E-state index is -1.44. The number of para-hydroxylation sites is 1. The fourth-order valence-electron chi connectivity index (χ4n) is 4.62. The molecule has 3 unspecified atom stereocenters. The fraction of sp³-hybridized carbons (Fsp3) is 0.417. The monoisotopic (exact) mass is 706 g/mol. The number of nitrogens with one attached hydrogen (secondary N) is 5. The van der Waals surface area contributed by atoms with Gasteiger partial charge in [0.05, 0.1) is 11.3 Å². The van der Waals surface area contributed by atoms with E-state index in [0.717, 1.165) is 6.20 Å². The van der Waals surface area contributed by atoms with Gasteiger partial charge in [0, 0.05) is 30.6 Å². The summed E-state index contributed by atoms with van der Waals surface area (Å²) in [6.07, 6.45) is 0.400. The van der Waals surface area contributed by atoms with Gasteiger partial charge in [-0.2, -0.15) is 0 Å². The maximum absolute atomic E-state index is 13.2. The van der Waals surface area contributed by atoms with E-state index in [1.165, 1.54) is 0 Å². The van der Waals surface area contributed by atoms with E-state index in [4.69, 9.17) is 0 Å². The molecule has 0 aliphatic carbocycles. The number of carbonyl (C=O) groups is 5. The maximum Gasteiger partial charge on any atom is 0.327 e. The molecule has 15 heteroatoms. The van der Waals surface area contributed by atoms with Crippen LogP contribution in [0.5, 0.6) is 0 Å². The smallest absolute Gasteiger partial charge is 0.327 e. The number of nitro groups is 1. The van der Waals surface area contributed by atoms with Gasteiger partial charge in [-0.1, -0.05) is 65.0 Å². The second kappa shape index (κ2) is 19.9. The lowest BCUT2D eigenvalue weighted by Crippen LogP contribution is -2.52. The van der Waals surface area contributed by atoms with Crippen molar-refractivity contribution in [2.45, 2.75) is 84.8 Å². The highest BCUT2D eigenvalue weighted by atomic mass is 16.6. The number of hydrogen-bond donors (Lipinski definition) is 7. The predicted molar refractivity (Wildman–Crippen MR) is 191 cm³/mol. The molecule has 2 rings (SSSR count). The lowest BCUT2D eigenvalue weighted by molar-refractivity contribution is -0.403. The number of carbonyl (C=O) groups excluding carboxylic acids is 3. The van der Waals surface area contributed by atoms with Gasteiger partial charge in [0.25, 0.3) is 6.20 Å². The Morgan fingerprint density at radius 1 is 0.784 bits per heavy atom. The number of amides is 3. The van der Waals surface area contributed by atoms with Crippen LogP contribution in [0.3, 0.4) is 0 Å². The van der Waals surface area contributed by atoms with E-state index < -0.39 is 52.7 Å². The van der Waals surface area contributed by atoms with E-state index >= 15 is 0 Å². The van der Waals surface area contributed by atoms with Crippen LogP contribution < -0.4 is 26.6 Å². The minimum absolute atomic E-state index is 0.0400. The number of nitrogens with zero attached hydrogens (tertiary/aromatic N) is 1. The molecule has 0 aliphatic rings. The molecule has 0 fully saturated rings. The summed E-state index contributed by atoms with van der Waals surface area (Å²) in [6.45, 7) is 9.18. The zero-order valence-corrected chi connectivity index (χ0v) is 29.3. The molecule has 0 radical (unpaired) electrons. The molecule has 7 N–H and O–H groups in total. The number of aliphatic carboxylic acids is 2. The molecule has 0 bridgehead atoms. The first-order valence-electron chi connectivity index (χ1n) is 16.3. The summed E-state index contributed by atoms with van der Waals surface area (Å²) in [5, 5.41) is 43.7. The number of carboxylic acid groups (broad SMARTS) is 2. The zero-order valence-electron chi connectivity index (χ0n) is 29.3. The standard InChI is InChI=1S/C36H46N6O9/c1-23(2)19-29(33(45)41-28(35(48)49)14-10-9-13-27(34(46)47)39-32(44)21-36(3,4)5)40-31(43)20-24-15-17-26(18-16-24)38-30(22-42(50)51)37-25-11-7-6-8-12-25/h6-8,11-12,15-18,22-23,27-29,37-38H,13-14,19-21H2,1-5H3,(H,39,44)(H,40,43)(H,41,45)(H,46,47)(H,48,49)/b30-22+. The van der Waals surface area contributed by atoms with Gasteiger partial charge in [-0.25, -0.2) is 9.59 Å². The van der Waals surface area contributed by atoms with Crippen LogP contribution in [0.1, 0.15) is 65.9 Å². The van der Waals surface area contributed by atoms with E-state index in [2.05, 4.69) is 38.4 Å². The summed E-state index contributed by atoms with van der Waals surface area (Å²) < 4.78 is 0. The Morgan fingerprint density at radius 2 is 1.29 bits per heavy atom. The van der Waals surface area contributed by atoms with Crippen molar-refractivity contribution < 1.29 is 39.1 Å². The van der Waals surface area contributed by atoms with E-state index in [1.807, 2.05) is 40.7 Å². The molecule has 3 amide bonds. The average molecular weight is 707 g/mol. The van der Waals surface area contributed by atoms with Crippen LogP contribution in [0.25, 0.3) is 0 Å². The Bertz CT molecular complexity index is 1620. The molecule has 0 aliphatic heterocycles. The van der Waals surface area contributed by atoms with Crippen molar-refractivity contribution in [3.05, 3.63) is 82.3 Å². The molecule has 0 saturated carbocycles. The molecule has 0 spiro atoms. The summed E-state index contributed by atoms with van der Waals surface area (Å²) in [5.41, 5.74) is 1.39. The third-order valence-electron chi connectivity index (χ3n) is 6.92. The largest absolute Gasteiger partial charge is 0.480 e. The van der Waals surface area contributed by atoms with Crippen molar-refractivity contribution in [1.29, 1.82) is 0 Å². The number of hydrogen-bond acceptors (Lipinski definition) is 9. The molecule has 274 valence electrons. The minimum Gasteiger partial charge on any atom is -0.480 e. The highest BCUT2D eigenvalue weighted by Crippen LogP contribution is 2.18. The SMILES string of the molecule is CC(C)CC(NC(=O)Cc1ccc(N/C(=C/[N+](=O)[O-])Nc2ccccc2)cc1)C(=O)NC(CC#CCC(NC(=O)CC(C)(C)C)C(=O)O)C(=O)O. The maximum atomic E-state index is 13.2. The van der Waals surface area contributed by atoms with Crippen molar-refractivity contribution in [2.24, 2.45) is 11.3 Å². The number of benzene rings is 2. The van der Waals surface area contributed by atoms with Gasteiger partial charge >= 0.3 is 11.9 Å². The van der Waals surface area contributed by atoms with Gasteiger partial charge in [0.1, 0.15) is 18.1 Å². The van der Waals surface area contributed by atoms with Gasteiger partial charge in [-0.3, -0.25) is 24.5 Å². The Labute approximate surface area is 296 Å². The Kier molecular flexibility index (Phi) is 16.1. The molecule has 51 heavy (non-hydrogen) atoms. The normalized spacial score (nSPS) is 13.0. The van der Waals surface area contributed by atoms with Crippen LogP contribution in [-0.2, 0) is 30.4 Å². The first-order chi connectivity index (χ1) is 23.9. The van der Waals surface area contributed by atoms with Crippen LogP contribution in [-0.4, -0.2) is 62.9 Å². The molecular weight excluding hydrogens is 660 g/mol. The predicted octanol–water partition coefficient (Wildman–Crippen LogP) is 3.72. The zero-order chi connectivity index (χ0) is 38.1. The summed E-state index contributed by atoms with van der Waals surface area (Å²) in [7, 11) is 0. The van der Waals surface area contributed by atoms with E-state index in [9.17, 15) is 44.3 Å². The van der Waals surface area contributed by atoms with Crippen LogP contribution >= 0.6 is 0 Å². The second-order valence-electron chi connectivity index (χ2n) is 13.4. The third-order valence-corrected chi connectivity index (χ3v) is 6.92. The van der Waals surface area contributed by atoms with E-state index in [0.29, 0.717) is 16.9 Å². The molecule has 3 atom stereocenters. The first kappa shape index (κ1) is 41.3. The van der Waals surface area contributed by atoms with Gasteiger partial charge in [0.15, 0.2) is 5.82 Å². The van der Waals surface area contributed by atoms with Crippen molar-refractivity contribution >= 4 is 41.0 Å². The Morgan fingerprint density at radius 3 is 1.78 bits per heavy atom. The van der Waals surface area contributed by atoms with Gasteiger partial charge < -0.3 is 36.8 Å². The van der Waals surface area contributed by atoms with Crippen molar-refractivity contribution in [3.8, 4) is 11.8 Å². The topological polar surface area (TPSA) is 229 Å². The lowest BCUT2D eigenvalue weighted by Gasteiger charge is -2.22. The van der Waals surface area contributed by atoms with Crippen molar-refractivity contribution in [3.63, 3.8) is 0 Å². The van der Waals surface area contributed by atoms with Crippen LogP contribution in [0.4, 0.5) is 11.4 Å². The average Bonchev–Trinajstić information content (AvgIpc) is 3.01. The lowest BCUT2D eigenvalue weighted by atomic mass is 9.92. The Hall–Kier alpha value is -5.91. The van der Waals surface area contributed by atoms with Gasteiger partial charge in [-0.05, 0) is 47.6 Å². The first-order valence-corrected chi connectivity index (χ1v) is 16.3. The Balaban J connectivity index is 2.02. The van der Waals surface area contributed by atoms with E-state index in [-0.39, 0.29) is 49.3 Å². The third kappa shape index (κ3) is 16.8. The summed E-state index contributed by atoms with van der Waals surface area (Å²) in [4.78, 5) is 72.4. The van der Waals surface area contributed by atoms with Crippen molar-refractivity contribution in [1.82, 2.24) is 16.0 Å². The molecule has 0 saturated heterocycles. The quantitative estimate of drug-likeness (QED) is 0.0671. The van der Waals surface area contributed by atoms with Crippen LogP contribution in [0, 0.1) is 33.3 Å².